The minimum atomic E-state index is -0.183. The summed E-state index contributed by atoms with van der Waals surface area (Å²) in [6.45, 7) is 0. The van der Waals surface area contributed by atoms with Crippen molar-refractivity contribution in [3.8, 4) is 0 Å². The van der Waals surface area contributed by atoms with Crippen LogP contribution in [0.15, 0.2) is 59.5 Å². The average Bonchev–Trinajstić information content (AvgIpc) is 2.49. The summed E-state index contributed by atoms with van der Waals surface area (Å²) in [6.07, 6.45) is 3.36. The van der Waals surface area contributed by atoms with Gasteiger partial charge in [0.25, 0.3) is 5.91 Å². The summed E-state index contributed by atoms with van der Waals surface area (Å²) in [7, 11) is 0. The smallest absolute Gasteiger partial charge is 0.256 e. The van der Waals surface area contributed by atoms with Crippen LogP contribution in [0.25, 0.3) is 10.9 Å². The third-order valence-corrected chi connectivity index (χ3v) is 3.53. The zero-order valence-electron chi connectivity index (χ0n) is 10.4. The predicted molar refractivity (Wildman–Crippen MR) is 81.6 cm³/mol. The third-order valence-electron chi connectivity index (χ3n) is 2.90. The van der Waals surface area contributed by atoms with E-state index in [0.29, 0.717) is 15.9 Å². The Balaban J connectivity index is 1.99. The number of halogens is 1. The van der Waals surface area contributed by atoms with Gasteiger partial charge in [-0.2, -0.15) is 0 Å². The summed E-state index contributed by atoms with van der Waals surface area (Å²) in [5.74, 6) is -0.183. The number of carbonyl (C=O) groups excluding carboxylic acids is 1. The molecule has 3 aromatic rings. The maximum absolute atomic E-state index is 12.4. The van der Waals surface area contributed by atoms with E-state index in [9.17, 15) is 4.79 Å². The summed E-state index contributed by atoms with van der Waals surface area (Å²) < 4.78 is 0.603. The average molecular weight is 328 g/mol. The number of pyridine rings is 2. The molecule has 0 aliphatic carbocycles. The molecule has 1 aromatic carbocycles. The van der Waals surface area contributed by atoms with Gasteiger partial charge in [0.15, 0.2) is 0 Å². The Morgan fingerprint density at radius 1 is 1.00 bits per heavy atom. The monoisotopic (exact) mass is 327 g/mol. The van der Waals surface area contributed by atoms with Gasteiger partial charge >= 0.3 is 0 Å². The number of hydrogen-bond donors (Lipinski definition) is 1. The summed E-state index contributed by atoms with van der Waals surface area (Å²) >= 11 is 3.31. The Morgan fingerprint density at radius 3 is 2.65 bits per heavy atom. The highest BCUT2D eigenvalue weighted by molar-refractivity contribution is 9.10. The van der Waals surface area contributed by atoms with Crippen molar-refractivity contribution in [3.05, 3.63) is 65.0 Å². The fourth-order valence-electron chi connectivity index (χ4n) is 1.97. The molecule has 0 aliphatic rings. The van der Waals surface area contributed by atoms with Gasteiger partial charge in [0.2, 0.25) is 0 Å². The standard InChI is InChI=1S/C15H10BrN3O/c16-14-13(7-3-9-18-14)19-15(20)11-4-1-6-12-10(11)5-2-8-17-12/h1-9H,(H,19,20). The number of anilines is 1. The third kappa shape index (κ3) is 2.40. The van der Waals surface area contributed by atoms with E-state index in [-0.39, 0.29) is 5.91 Å². The van der Waals surface area contributed by atoms with Crippen LogP contribution in [-0.4, -0.2) is 15.9 Å². The molecule has 98 valence electrons. The lowest BCUT2D eigenvalue weighted by atomic mass is 10.1. The van der Waals surface area contributed by atoms with Crippen molar-refractivity contribution in [2.24, 2.45) is 0 Å². The van der Waals surface area contributed by atoms with Gasteiger partial charge in [-0.1, -0.05) is 12.1 Å². The Bertz CT molecular complexity index is 783. The van der Waals surface area contributed by atoms with Gasteiger partial charge in [0.05, 0.1) is 11.2 Å². The van der Waals surface area contributed by atoms with Gasteiger partial charge in [-0.3, -0.25) is 9.78 Å². The lowest BCUT2D eigenvalue weighted by Crippen LogP contribution is -2.13. The lowest BCUT2D eigenvalue weighted by molar-refractivity contribution is 0.102. The number of nitrogens with one attached hydrogen (secondary N) is 1. The summed E-state index contributed by atoms with van der Waals surface area (Å²) in [4.78, 5) is 20.7. The molecule has 0 saturated heterocycles. The maximum atomic E-state index is 12.4. The summed E-state index contributed by atoms with van der Waals surface area (Å²) in [5, 5.41) is 3.67. The number of nitrogens with zero attached hydrogens (tertiary/aromatic N) is 2. The van der Waals surface area contributed by atoms with Gasteiger partial charge < -0.3 is 5.32 Å². The van der Waals surface area contributed by atoms with E-state index >= 15 is 0 Å². The summed E-state index contributed by atoms with van der Waals surface area (Å²) in [5.41, 5.74) is 2.02. The fourth-order valence-corrected chi connectivity index (χ4v) is 2.32. The number of aromatic nitrogens is 2. The van der Waals surface area contributed by atoms with Crippen molar-refractivity contribution >= 4 is 38.4 Å². The summed E-state index contributed by atoms with van der Waals surface area (Å²) in [6, 6.07) is 12.7. The van der Waals surface area contributed by atoms with E-state index < -0.39 is 0 Å². The Morgan fingerprint density at radius 2 is 1.80 bits per heavy atom. The maximum Gasteiger partial charge on any atom is 0.256 e. The van der Waals surface area contributed by atoms with Gasteiger partial charge in [-0.05, 0) is 46.3 Å². The van der Waals surface area contributed by atoms with Crippen LogP contribution in [0.4, 0.5) is 5.69 Å². The number of hydrogen-bond acceptors (Lipinski definition) is 3. The predicted octanol–water partition coefficient (Wildman–Crippen LogP) is 3.64. The van der Waals surface area contributed by atoms with E-state index in [1.807, 2.05) is 24.3 Å². The van der Waals surface area contributed by atoms with Crippen LogP contribution in [-0.2, 0) is 0 Å². The molecule has 2 aromatic heterocycles. The lowest BCUT2D eigenvalue weighted by Gasteiger charge is -2.08. The molecule has 2 heterocycles. The first-order chi connectivity index (χ1) is 9.75. The second-order valence-electron chi connectivity index (χ2n) is 4.17. The molecule has 0 atom stereocenters. The van der Waals surface area contributed by atoms with Crippen LogP contribution in [0, 0.1) is 0 Å². The van der Waals surface area contributed by atoms with E-state index in [1.165, 1.54) is 0 Å². The first-order valence-corrected chi connectivity index (χ1v) is 6.80. The largest absolute Gasteiger partial charge is 0.320 e. The SMILES string of the molecule is O=C(Nc1cccnc1Br)c1cccc2ncccc12. The molecule has 0 fully saturated rings. The van der Waals surface area contributed by atoms with Gasteiger partial charge in [-0.25, -0.2) is 4.98 Å². The van der Waals surface area contributed by atoms with Crippen molar-refractivity contribution < 1.29 is 4.79 Å². The van der Waals surface area contributed by atoms with Crippen molar-refractivity contribution in [2.75, 3.05) is 5.32 Å². The minimum Gasteiger partial charge on any atom is -0.320 e. The van der Waals surface area contributed by atoms with E-state index in [4.69, 9.17) is 0 Å². The van der Waals surface area contributed by atoms with Crippen LogP contribution in [0.2, 0.25) is 0 Å². The van der Waals surface area contributed by atoms with E-state index in [2.05, 4.69) is 31.2 Å². The highest BCUT2D eigenvalue weighted by Gasteiger charge is 2.11. The highest BCUT2D eigenvalue weighted by atomic mass is 79.9. The van der Waals surface area contributed by atoms with Crippen molar-refractivity contribution in [2.45, 2.75) is 0 Å². The van der Waals surface area contributed by atoms with Gasteiger partial charge in [0, 0.05) is 23.3 Å². The number of benzene rings is 1. The number of carbonyl (C=O) groups is 1. The van der Waals surface area contributed by atoms with E-state index in [1.54, 1.807) is 30.6 Å². The van der Waals surface area contributed by atoms with Crippen LogP contribution in [0.1, 0.15) is 10.4 Å². The van der Waals surface area contributed by atoms with Crippen LogP contribution in [0.3, 0.4) is 0 Å². The Hall–Kier alpha value is -2.27. The van der Waals surface area contributed by atoms with Crippen molar-refractivity contribution in [3.63, 3.8) is 0 Å². The minimum absolute atomic E-state index is 0.183. The number of rotatable bonds is 2. The molecule has 0 bridgehead atoms. The molecule has 0 unspecified atom stereocenters. The van der Waals surface area contributed by atoms with Crippen LogP contribution >= 0.6 is 15.9 Å². The van der Waals surface area contributed by atoms with Gasteiger partial charge in [0.1, 0.15) is 4.60 Å². The zero-order chi connectivity index (χ0) is 13.9. The zero-order valence-corrected chi connectivity index (χ0v) is 12.0. The molecular weight excluding hydrogens is 318 g/mol. The molecule has 0 saturated carbocycles. The van der Waals surface area contributed by atoms with Crippen LogP contribution < -0.4 is 5.32 Å². The molecule has 0 radical (unpaired) electrons. The van der Waals surface area contributed by atoms with Crippen molar-refractivity contribution in [1.82, 2.24) is 9.97 Å². The Labute approximate surface area is 124 Å². The molecule has 1 N–H and O–H groups in total. The second-order valence-corrected chi connectivity index (χ2v) is 4.92. The van der Waals surface area contributed by atoms with Crippen molar-refractivity contribution in [1.29, 1.82) is 0 Å². The van der Waals surface area contributed by atoms with Gasteiger partial charge in [-0.15, -0.1) is 0 Å². The molecular formula is C15H10BrN3O. The normalized spacial score (nSPS) is 10.4. The number of amides is 1. The highest BCUT2D eigenvalue weighted by Crippen LogP contribution is 2.21. The molecule has 20 heavy (non-hydrogen) atoms. The first kappa shape index (κ1) is 12.7. The quantitative estimate of drug-likeness (QED) is 0.731. The Kier molecular flexibility index (Phi) is 3.43. The molecule has 4 nitrogen and oxygen atoms in total. The molecule has 5 heteroatoms. The first-order valence-electron chi connectivity index (χ1n) is 6.01. The molecule has 3 rings (SSSR count). The molecule has 1 amide bonds. The molecule has 0 spiro atoms. The fraction of sp³-hybridized carbons (Fsp3) is 0. The molecule has 0 aliphatic heterocycles. The van der Waals surface area contributed by atoms with Crippen LogP contribution in [0.5, 0.6) is 0 Å². The number of fused-ring (bicyclic) bond motifs is 1. The van der Waals surface area contributed by atoms with E-state index in [0.717, 1.165) is 10.9 Å². The topological polar surface area (TPSA) is 54.9 Å². The second kappa shape index (κ2) is 5.38.